The lowest BCUT2D eigenvalue weighted by molar-refractivity contribution is 0.0941. The molecule has 2 rings (SSSR count). The lowest BCUT2D eigenvalue weighted by Gasteiger charge is -2.19. The van der Waals surface area contributed by atoms with Gasteiger partial charge in [-0.1, -0.05) is 45.0 Å². The van der Waals surface area contributed by atoms with Crippen LogP contribution >= 0.6 is 0 Å². The summed E-state index contributed by atoms with van der Waals surface area (Å²) in [5, 5.41) is 4.01. The van der Waals surface area contributed by atoms with E-state index >= 15 is 0 Å². The average Bonchev–Trinajstić information content (AvgIpc) is 2.36. The van der Waals surface area contributed by atoms with E-state index in [4.69, 9.17) is 0 Å². The summed E-state index contributed by atoms with van der Waals surface area (Å²) in [6, 6.07) is 9.91. The van der Waals surface area contributed by atoms with Crippen LogP contribution in [0.5, 0.6) is 0 Å². The van der Waals surface area contributed by atoms with Gasteiger partial charge in [0.15, 0.2) is 0 Å². The fraction of sp³-hybridized carbons (Fsp3) is 0.312. The van der Waals surface area contributed by atoms with Gasteiger partial charge in [-0.15, -0.1) is 0 Å². The second-order valence-corrected chi connectivity index (χ2v) is 5.88. The van der Waals surface area contributed by atoms with Gasteiger partial charge in [-0.05, 0) is 22.9 Å². The molecule has 1 amide bonds. The average molecular weight is 259 g/mol. The molecule has 0 atom stereocenters. The number of benzene rings is 2. The highest BCUT2D eigenvalue weighted by molar-refractivity contribution is 6.07. The Labute approximate surface area is 112 Å². The van der Waals surface area contributed by atoms with Gasteiger partial charge in [-0.2, -0.15) is 0 Å². The largest absolute Gasteiger partial charge is 0.351 e. The number of rotatable bonds is 2. The van der Waals surface area contributed by atoms with E-state index in [1.165, 1.54) is 12.1 Å². The summed E-state index contributed by atoms with van der Waals surface area (Å²) >= 11 is 0. The standard InChI is InChI=1S/C16H18FNO/c1-16(2,3)10-18-15(19)13-8-9-14(17)12-7-5-4-6-11(12)13/h4-9H,10H2,1-3H3,(H,18,19). The number of fused-ring (bicyclic) bond motifs is 1. The van der Waals surface area contributed by atoms with Crippen LogP contribution in [0.15, 0.2) is 36.4 Å². The molecule has 3 heteroatoms. The Morgan fingerprint density at radius 3 is 2.37 bits per heavy atom. The van der Waals surface area contributed by atoms with Crippen molar-refractivity contribution in [1.29, 1.82) is 0 Å². The second kappa shape index (κ2) is 5.00. The quantitative estimate of drug-likeness (QED) is 0.874. The molecule has 0 saturated heterocycles. The highest BCUT2D eigenvalue weighted by atomic mass is 19.1. The predicted molar refractivity (Wildman–Crippen MR) is 75.7 cm³/mol. The lowest BCUT2D eigenvalue weighted by atomic mass is 9.96. The number of hydrogen-bond acceptors (Lipinski definition) is 1. The van der Waals surface area contributed by atoms with Crippen LogP contribution in [0, 0.1) is 11.2 Å². The molecule has 1 N–H and O–H groups in total. The third kappa shape index (κ3) is 3.11. The van der Waals surface area contributed by atoms with Gasteiger partial charge >= 0.3 is 0 Å². The van der Waals surface area contributed by atoms with Gasteiger partial charge in [0.1, 0.15) is 5.82 Å². The number of carbonyl (C=O) groups excluding carboxylic acids is 1. The molecule has 0 heterocycles. The number of hydrogen-bond donors (Lipinski definition) is 1. The maximum Gasteiger partial charge on any atom is 0.251 e. The SMILES string of the molecule is CC(C)(C)CNC(=O)c1ccc(F)c2ccccc12. The minimum atomic E-state index is -0.303. The summed E-state index contributed by atoms with van der Waals surface area (Å²) < 4.78 is 13.7. The number of carbonyl (C=O) groups is 1. The van der Waals surface area contributed by atoms with E-state index in [0.29, 0.717) is 22.9 Å². The van der Waals surface area contributed by atoms with Crippen molar-refractivity contribution < 1.29 is 9.18 Å². The fourth-order valence-corrected chi connectivity index (χ4v) is 1.90. The Kier molecular flexibility index (Phi) is 3.56. The summed E-state index contributed by atoms with van der Waals surface area (Å²) in [5.74, 6) is -0.464. The summed E-state index contributed by atoms with van der Waals surface area (Å²) in [5.41, 5.74) is 0.534. The molecule has 2 aromatic carbocycles. The van der Waals surface area contributed by atoms with E-state index in [1.54, 1.807) is 18.2 Å². The van der Waals surface area contributed by atoms with E-state index in [0.717, 1.165) is 0 Å². The van der Waals surface area contributed by atoms with Crippen LogP contribution < -0.4 is 5.32 Å². The van der Waals surface area contributed by atoms with Crippen molar-refractivity contribution in [2.75, 3.05) is 6.54 Å². The molecule has 0 aliphatic rings. The Hall–Kier alpha value is -1.90. The van der Waals surface area contributed by atoms with Crippen molar-refractivity contribution in [3.8, 4) is 0 Å². The van der Waals surface area contributed by atoms with Crippen LogP contribution in [0.4, 0.5) is 4.39 Å². The summed E-state index contributed by atoms with van der Waals surface area (Å²) in [7, 11) is 0. The highest BCUT2D eigenvalue weighted by Crippen LogP contribution is 2.22. The Bertz CT molecular complexity index is 614. The predicted octanol–water partition coefficient (Wildman–Crippen LogP) is 3.75. The zero-order valence-electron chi connectivity index (χ0n) is 11.5. The molecule has 0 aliphatic heterocycles. The maximum atomic E-state index is 13.7. The Morgan fingerprint density at radius 2 is 1.74 bits per heavy atom. The zero-order chi connectivity index (χ0) is 14.0. The first-order valence-corrected chi connectivity index (χ1v) is 6.34. The normalized spacial score (nSPS) is 11.6. The molecule has 2 aromatic rings. The second-order valence-electron chi connectivity index (χ2n) is 5.88. The van der Waals surface area contributed by atoms with Crippen molar-refractivity contribution in [2.45, 2.75) is 20.8 Å². The minimum absolute atomic E-state index is 0.0193. The first-order chi connectivity index (χ1) is 8.88. The van der Waals surface area contributed by atoms with E-state index in [-0.39, 0.29) is 17.1 Å². The van der Waals surface area contributed by atoms with Gasteiger partial charge in [-0.3, -0.25) is 4.79 Å². The van der Waals surface area contributed by atoms with Crippen molar-refractivity contribution in [2.24, 2.45) is 5.41 Å². The van der Waals surface area contributed by atoms with Gasteiger partial charge < -0.3 is 5.32 Å². The van der Waals surface area contributed by atoms with Crippen LogP contribution in [-0.2, 0) is 0 Å². The molecule has 0 aliphatic carbocycles. The van der Waals surface area contributed by atoms with Crippen LogP contribution in [0.3, 0.4) is 0 Å². The molecule has 19 heavy (non-hydrogen) atoms. The molecular weight excluding hydrogens is 241 g/mol. The first kappa shape index (κ1) is 13.5. The van der Waals surface area contributed by atoms with E-state index in [1.807, 2.05) is 6.07 Å². The molecule has 0 aromatic heterocycles. The summed E-state index contributed by atoms with van der Waals surface area (Å²) in [6.45, 7) is 6.74. The zero-order valence-corrected chi connectivity index (χ0v) is 11.5. The number of halogens is 1. The monoisotopic (exact) mass is 259 g/mol. The lowest BCUT2D eigenvalue weighted by Crippen LogP contribution is -2.32. The van der Waals surface area contributed by atoms with Crippen LogP contribution in [0.2, 0.25) is 0 Å². The molecule has 0 saturated carbocycles. The summed E-state index contributed by atoms with van der Waals surface area (Å²) in [4.78, 5) is 12.2. The van der Waals surface area contributed by atoms with Crippen LogP contribution in [0.25, 0.3) is 10.8 Å². The van der Waals surface area contributed by atoms with Gasteiger partial charge in [0.25, 0.3) is 5.91 Å². The van der Waals surface area contributed by atoms with E-state index < -0.39 is 0 Å². The van der Waals surface area contributed by atoms with E-state index in [2.05, 4.69) is 26.1 Å². The Morgan fingerprint density at radius 1 is 1.11 bits per heavy atom. The molecule has 100 valence electrons. The molecular formula is C16H18FNO. The highest BCUT2D eigenvalue weighted by Gasteiger charge is 2.15. The van der Waals surface area contributed by atoms with Gasteiger partial charge in [0, 0.05) is 17.5 Å². The van der Waals surface area contributed by atoms with Crippen molar-refractivity contribution in [1.82, 2.24) is 5.32 Å². The molecule has 0 bridgehead atoms. The minimum Gasteiger partial charge on any atom is -0.351 e. The Balaban J connectivity index is 2.35. The van der Waals surface area contributed by atoms with Crippen molar-refractivity contribution >= 4 is 16.7 Å². The maximum absolute atomic E-state index is 13.7. The first-order valence-electron chi connectivity index (χ1n) is 6.34. The third-order valence-electron chi connectivity index (χ3n) is 2.89. The third-order valence-corrected chi connectivity index (χ3v) is 2.89. The fourth-order valence-electron chi connectivity index (χ4n) is 1.90. The topological polar surface area (TPSA) is 29.1 Å². The molecule has 0 unspecified atom stereocenters. The van der Waals surface area contributed by atoms with Gasteiger partial charge in [0.05, 0.1) is 0 Å². The van der Waals surface area contributed by atoms with Gasteiger partial charge in [0.2, 0.25) is 0 Å². The number of nitrogens with one attached hydrogen (secondary N) is 1. The van der Waals surface area contributed by atoms with Crippen LogP contribution in [0.1, 0.15) is 31.1 Å². The van der Waals surface area contributed by atoms with Gasteiger partial charge in [-0.25, -0.2) is 4.39 Å². The van der Waals surface area contributed by atoms with Crippen LogP contribution in [-0.4, -0.2) is 12.5 Å². The smallest absolute Gasteiger partial charge is 0.251 e. The van der Waals surface area contributed by atoms with Crippen molar-refractivity contribution in [3.05, 3.63) is 47.8 Å². The van der Waals surface area contributed by atoms with Crippen molar-refractivity contribution in [3.63, 3.8) is 0 Å². The molecule has 0 spiro atoms. The molecule has 2 nitrogen and oxygen atoms in total. The summed E-state index contributed by atoms with van der Waals surface area (Å²) in [6.07, 6.45) is 0. The number of amides is 1. The van der Waals surface area contributed by atoms with E-state index in [9.17, 15) is 9.18 Å². The molecule has 0 fully saturated rings. The molecule has 0 radical (unpaired) electrons.